The lowest BCUT2D eigenvalue weighted by Gasteiger charge is -2.33. The molecule has 1 aliphatic carbocycles. The Hall–Kier alpha value is -1.71. The van der Waals surface area contributed by atoms with Gasteiger partial charge in [-0.2, -0.15) is 0 Å². The van der Waals surface area contributed by atoms with Crippen molar-refractivity contribution < 1.29 is 9.53 Å². The van der Waals surface area contributed by atoms with Crippen LogP contribution in [0.3, 0.4) is 0 Å². The van der Waals surface area contributed by atoms with Gasteiger partial charge < -0.3 is 16.2 Å². The highest BCUT2D eigenvalue weighted by Gasteiger charge is 2.29. The Kier molecular flexibility index (Phi) is 3.93. The predicted octanol–water partition coefficient (Wildman–Crippen LogP) is 3.29. The zero-order valence-corrected chi connectivity index (χ0v) is 12.5. The molecule has 4 N–H and O–H groups in total. The quantitative estimate of drug-likeness (QED) is 0.642. The van der Waals surface area contributed by atoms with E-state index < -0.39 is 0 Å². The number of nitrogens with two attached hydrogens (primary N) is 2. The van der Waals surface area contributed by atoms with Gasteiger partial charge in [0.2, 0.25) is 0 Å². The van der Waals surface area contributed by atoms with Crippen molar-refractivity contribution >= 4 is 17.3 Å². The number of carbonyl (C=O) groups is 1. The maximum Gasteiger partial charge on any atom is 0.340 e. The minimum absolute atomic E-state index is 0.00309. The number of anilines is 2. The molecule has 0 bridgehead atoms. The number of esters is 1. The van der Waals surface area contributed by atoms with Crippen molar-refractivity contribution in [2.75, 3.05) is 11.5 Å². The molecule has 1 aliphatic rings. The Labute approximate surface area is 120 Å². The van der Waals surface area contributed by atoms with Gasteiger partial charge in [-0.3, -0.25) is 0 Å². The predicted molar refractivity (Wildman–Crippen MR) is 81.5 cm³/mol. The van der Waals surface area contributed by atoms with Crippen LogP contribution in [0.15, 0.2) is 12.1 Å². The smallest absolute Gasteiger partial charge is 0.340 e. The lowest BCUT2D eigenvalue weighted by Crippen LogP contribution is -2.28. The first-order valence-electron chi connectivity index (χ1n) is 7.15. The minimum atomic E-state index is -0.359. The van der Waals surface area contributed by atoms with Gasteiger partial charge in [0.1, 0.15) is 6.10 Å². The molecule has 110 valence electrons. The second-order valence-corrected chi connectivity index (χ2v) is 6.58. The monoisotopic (exact) mass is 276 g/mol. The molecule has 0 unspecified atom stereocenters. The van der Waals surface area contributed by atoms with Gasteiger partial charge in [0.15, 0.2) is 0 Å². The normalized spacial score (nSPS) is 18.8. The summed E-state index contributed by atoms with van der Waals surface area (Å²) in [7, 11) is 0. The molecular weight excluding hydrogens is 252 g/mol. The molecule has 0 radical (unpaired) electrons. The number of benzene rings is 1. The summed E-state index contributed by atoms with van der Waals surface area (Å²) in [5, 5.41) is 0. The molecule has 4 heteroatoms. The second-order valence-electron chi connectivity index (χ2n) is 6.58. The van der Waals surface area contributed by atoms with E-state index in [-0.39, 0.29) is 12.1 Å². The summed E-state index contributed by atoms with van der Waals surface area (Å²) in [5.41, 5.74) is 14.1. The van der Waals surface area contributed by atoms with E-state index in [4.69, 9.17) is 16.2 Å². The lowest BCUT2D eigenvalue weighted by molar-refractivity contribution is 0.00962. The van der Waals surface area contributed by atoms with E-state index in [1.807, 2.05) is 6.92 Å². The summed E-state index contributed by atoms with van der Waals surface area (Å²) in [4.78, 5) is 12.2. The van der Waals surface area contributed by atoms with Crippen molar-refractivity contribution in [3.63, 3.8) is 0 Å². The molecule has 0 aromatic heterocycles. The standard InChI is InChI=1S/C16H24N2O2/c1-10-8-12(14(18)13(17)9-10)15(19)20-11-4-6-16(2,3)7-5-11/h8-9,11H,4-7,17-18H2,1-3H3. The van der Waals surface area contributed by atoms with Crippen LogP contribution in [0, 0.1) is 12.3 Å². The van der Waals surface area contributed by atoms with Crippen LogP contribution in [-0.4, -0.2) is 12.1 Å². The Morgan fingerprint density at radius 1 is 1.25 bits per heavy atom. The first kappa shape index (κ1) is 14.7. The molecule has 0 aliphatic heterocycles. The fraction of sp³-hybridized carbons (Fsp3) is 0.562. The van der Waals surface area contributed by atoms with Gasteiger partial charge >= 0.3 is 5.97 Å². The van der Waals surface area contributed by atoms with Crippen molar-refractivity contribution in [1.82, 2.24) is 0 Å². The summed E-state index contributed by atoms with van der Waals surface area (Å²) < 4.78 is 5.59. The molecule has 0 spiro atoms. The molecule has 0 amide bonds. The molecule has 1 fully saturated rings. The summed E-state index contributed by atoms with van der Waals surface area (Å²) in [6.45, 7) is 6.39. The van der Waals surface area contributed by atoms with Crippen LogP contribution < -0.4 is 11.5 Å². The number of carbonyl (C=O) groups excluding carboxylic acids is 1. The molecule has 4 nitrogen and oxygen atoms in total. The minimum Gasteiger partial charge on any atom is -0.459 e. The zero-order chi connectivity index (χ0) is 14.9. The second kappa shape index (κ2) is 5.35. The van der Waals surface area contributed by atoms with Crippen LogP contribution in [0.2, 0.25) is 0 Å². The first-order chi connectivity index (χ1) is 9.28. The summed E-state index contributed by atoms with van der Waals surface area (Å²) in [6.07, 6.45) is 3.99. The van der Waals surface area contributed by atoms with Gasteiger partial charge in [-0.1, -0.05) is 13.8 Å². The zero-order valence-electron chi connectivity index (χ0n) is 12.5. The fourth-order valence-electron chi connectivity index (χ4n) is 2.70. The summed E-state index contributed by atoms with van der Waals surface area (Å²) in [6, 6.07) is 3.50. The Morgan fingerprint density at radius 3 is 2.45 bits per heavy atom. The van der Waals surface area contributed by atoms with Gasteiger partial charge in [0.25, 0.3) is 0 Å². The van der Waals surface area contributed by atoms with E-state index in [9.17, 15) is 4.79 Å². The number of hydrogen-bond donors (Lipinski definition) is 2. The maximum atomic E-state index is 12.2. The topological polar surface area (TPSA) is 78.3 Å². The van der Waals surface area contributed by atoms with Crippen LogP contribution in [0.1, 0.15) is 55.5 Å². The average Bonchev–Trinajstić information content (AvgIpc) is 2.36. The molecule has 1 saturated carbocycles. The van der Waals surface area contributed by atoms with Crippen LogP contribution in [0.4, 0.5) is 11.4 Å². The molecule has 1 aromatic carbocycles. The average molecular weight is 276 g/mol. The highest BCUT2D eigenvalue weighted by atomic mass is 16.5. The van der Waals surface area contributed by atoms with Gasteiger partial charge in [0, 0.05) is 0 Å². The van der Waals surface area contributed by atoms with Gasteiger partial charge in [0.05, 0.1) is 16.9 Å². The summed E-state index contributed by atoms with van der Waals surface area (Å²) >= 11 is 0. The number of ether oxygens (including phenoxy) is 1. The fourth-order valence-corrected chi connectivity index (χ4v) is 2.70. The van der Waals surface area contributed by atoms with Crippen LogP contribution in [0.5, 0.6) is 0 Å². The van der Waals surface area contributed by atoms with Crippen LogP contribution in [-0.2, 0) is 4.74 Å². The van der Waals surface area contributed by atoms with E-state index in [0.717, 1.165) is 31.2 Å². The third kappa shape index (κ3) is 3.24. The number of aryl methyl sites for hydroxylation is 1. The third-order valence-corrected chi connectivity index (χ3v) is 4.14. The molecule has 0 atom stereocenters. The van der Waals surface area contributed by atoms with E-state index >= 15 is 0 Å². The van der Waals surface area contributed by atoms with E-state index in [2.05, 4.69) is 13.8 Å². The molecular formula is C16H24N2O2. The molecule has 0 heterocycles. The number of rotatable bonds is 2. The van der Waals surface area contributed by atoms with Crippen LogP contribution >= 0.6 is 0 Å². The van der Waals surface area contributed by atoms with Gasteiger partial charge in [-0.25, -0.2) is 4.79 Å². The largest absolute Gasteiger partial charge is 0.459 e. The van der Waals surface area contributed by atoms with E-state index in [1.165, 1.54) is 0 Å². The van der Waals surface area contributed by atoms with Crippen molar-refractivity contribution in [1.29, 1.82) is 0 Å². The highest BCUT2D eigenvalue weighted by Crippen LogP contribution is 2.36. The maximum absolute atomic E-state index is 12.2. The number of nitrogen functional groups attached to an aromatic ring is 2. The van der Waals surface area contributed by atoms with Crippen molar-refractivity contribution in [2.24, 2.45) is 5.41 Å². The summed E-state index contributed by atoms with van der Waals surface area (Å²) in [5.74, 6) is -0.359. The van der Waals surface area contributed by atoms with Crippen molar-refractivity contribution in [2.45, 2.75) is 52.6 Å². The Bertz CT molecular complexity index is 513. The SMILES string of the molecule is Cc1cc(N)c(N)c(C(=O)OC2CCC(C)(C)CC2)c1. The van der Waals surface area contributed by atoms with E-state index in [0.29, 0.717) is 22.4 Å². The molecule has 20 heavy (non-hydrogen) atoms. The van der Waals surface area contributed by atoms with Crippen molar-refractivity contribution in [3.05, 3.63) is 23.3 Å². The molecule has 1 aromatic rings. The lowest BCUT2D eigenvalue weighted by atomic mass is 9.76. The van der Waals surface area contributed by atoms with E-state index in [1.54, 1.807) is 12.1 Å². The Balaban J connectivity index is 2.06. The van der Waals surface area contributed by atoms with Crippen molar-refractivity contribution in [3.8, 4) is 0 Å². The number of hydrogen-bond acceptors (Lipinski definition) is 4. The first-order valence-corrected chi connectivity index (χ1v) is 7.15. The van der Waals surface area contributed by atoms with Gasteiger partial charge in [-0.05, 0) is 55.7 Å². The highest BCUT2D eigenvalue weighted by molar-refractivity contribution is 5.98. The molecule has 0 saturated heterocycles. The molecule has 2 rings (SSSR count). The van der Waals surface area contributed by atoms with Crippen LogP contribution in [0.25, 0.3) is 0 Å². The Morgan fingerprint density at radius 2 is 1.85 bits per heavy atom. The van der Waals surface area contributed by atoms with Gasteiger partial charge in [-0.15, -0.1) is 0 Å². The third-order valence-electron chi connectivity index (χ3n) is 4.14.